The summed E-state index contributed by atoms with van der Waals surface area (Å²) < 4.78 is 0. The molecule has 2 aromatic heterocycles. The van der Waals surface area contributed by atoms with Gasteiger partial charge in [0.25, 0.3) is 5.91 Å². The number of carbonyl (C=O) groups excluding carboxylic acids is 1. The van der Waals surface area contributed by atoms with Crippen molar-refractivity contribution in [3.8, 4) is 22.5 Å². The molecule has 0 unspecified atom stereocenters. The lowest BCUT2D eigenvalue weighted by atomic mass is 10.1. The number of hydrogen-bond acceptors (Lipinski definition) is 2. The molecule has 1 amide bonds. The van der Waals surface area contributed by atoms with Gasteiger partial charge in [-0.3, -0.25) is 4.79 Å². The summed E-state index contributed by atoms with van der Waals surface area (Å²) in [4.78, 5) is 23.1. The maximum Gasteiger partial charge on any atom is 0.272 e. The number of carbonyl (C=O) groups is 1. The van der Waals surface area contributed by atoms with E-state index in [1.54, 1.807) is 18.3 Å². The minimum absolute atomic E-state index is 0.167. The number of fused-ring (bicyclic) bond motifs is 1. The third-order valence-electron chi connectivity index (χ3n) is 4.85. The fourth-order valence-electron chi connectivity index (χ4n) is 3.34. The lowest BCUT2D eigenvalue weighted by Gasteiger charge is -2.04. The van der Waals surface area contributed by atoms with Gasteiger partial charge in [-0.2, -0.15) is 0 Å². The van der Waals surface area contributed by atoms with E-state index in [4.69, 9.17) is 4.98 Å². The van der Waals surface area contributed by atoms with Gasteiger partial charge in [-0.25, -0.2) is 4.98 Å². The second-order valence-electron chi connectivity index (χ2n) is 6.80. The van der Waals surface area contributed by atoms with Crippen LogP contribution < -0.4 is 5.32 Å². The van der Waals surface area contributed by atoms with Gasteiger partial charge in [0.15, 0.2) is 0 Å². The first kappa shape index (κ1) is 17.0. The SMILES string of the molecule is O=C(Nc1ccc(-c2nc3ccc(-c4ccccc4)cc3[nH]2)cc1)c1ccc[nH]1. The van der Waals surface area contributed by atoms with Crippen molar-refractivity contribution in [1.82, 2.24) is 15.0 Å². The minimum Gasteiger partial charge on any atom is -0.357 e. The molecule has 5 rings (SSSR count). The number of aromatic nitrogens is 3. The average molecular weight is 378 g/mol. The summed E-state index contributed by atoms with van der Waals surface area (Å²) in [6.45, 7) is 0. The van der Waals surface area contributed by atoms with E-state index in [-0.39, 0.29) is 5.91 Å². The average Bonchev–Trinajstić information content (AvgIpc) is 3.44. The van der Waals surface area contributed by atoms with Crippen LogP contribution in [0.1, 0.15) is 10.5 Å². The predicted octanol–water partition coefficient (Wildman–Crippen LogP) is 5.48. The molecule has 140 valence electrons. The molecule has 5 heteroatoms. The van der Waals surface area contributed by atoms with Crippen molar-refractivity contribution in [2.24, 2.45) is 0 Å². The van der Waals surface area contributed by atoms with Crippen LogP contribution in [-0.4, -0.2) is 20.9 Å². The number of aromatic amines is 2. The maximum absolute atomic E-state index is 12.1. The zero-order valence-corrected chi connectivity index (χ0v) is 15.5. The van der Waals surface area contributed by atoms with Crippen molar-refractivity contribution >= 4 is 22.6 Å². The Bertz CT molecular complexity index is 1270. The minimum atomic E-state index is -0.167. The molecular formula is C24H18N4O. The molecule has 0 aliphatic heterocycles. The molecule has 3 aromatic carbocycles. The lowest BCUT2D eigenvalue weighted by molar-refractivity contribution is 0.102. The van der Waals surface area contributed by atoms with Crippen LogP contribution in [0.5, 0.6) is 0 Å². The van der Waals surface area contributed by atoms with E-state index in [0.717, 1.165) is 33.7 Å². The predicted molar refractivity (Wildman–Crippen MR) is 116 cm³/mol. The number of H-pyrrole nitrogens is 2. The molecule has 0 aliphatic rings. The Kier molecular flexibility index (Phi) is 4.18. The monoisotopic (exact) mass is 378 g/mol. The molecule has 0 bridgehead atoms. The lowest BCUT2D eigenvalue weighted by Crippen LogP contribution is -2.11. The number of nitrogens with zero attached hydrogens (tertiary/aromatic N) is 1. The molecule has 3 N–H and O–H groups in total. The summed E-state index contributed by atoms with van der Waals surface area (Å²) in [5, 5.41) is 2.87. The van der Waals surface area contributed by atoms with Gasteiger partial charge in [0.1, 0.15) is 11.5 Å². The number of anilines is 1. The van der Waals surface area contributed by atoms with Crippen molar-refractivity contribution in [2.45, 2.75) is 0 Å². The molecule has 0 saturated carbocycles. The van der Waals surface area contributed by atoms with Crippen molar-refractivity contribution in [3.05, 3.63) is 96.8 Å². The first-order valence-electron chi connectivity index (χ1n) is 9.37. The molecule has 0 radical (unpaired) electrons. The first-order chi connectivity index (χ1) is 14.3. The van der Waals surface area contributed by atoms with Crippen molar-refractivity contribution in [2.75, 3.05) is 5.32 Å². The number of amides is 1. The highest BCUT2D eigenvalue weighted by Crippen LogP contribution is 2.26. The Balaban J connectivity index is 1.39. The van der Waals surface area contributed by atoms with Gasteiger partial charge in [0.05, 0.1) is 11.0 Å². The molecule has 0 saturated heterocycles. The molecule has 2 heterocycles. The summed E-state index contributed by atoms with van der Waals surface area (Å²) in [6.07, 6.45) is 1.72. The number of nitrogens with one attached hydrogen (secondary N) is 3. The Hall–Kier alpha value is -4.12. The van der Waals surface area contributed by atoms with Gasteiger partial charge >= 0.3 is 0 Å². The molecule has 0 fully saturated rings. The van der Waals surface area contributed by atoms with Gasteiger partial charge in [-0.05, 0) is 59.7 Å². The van der Waals surface area contributed by atoms with Crippen LogP contribution in [0.2, 0.25) is 0 Å². The molecule has 29 heavy (non-hydrogen) atoms. The molecular weight excluding hydrogens is 360 g/mol. The fourth-order valence-corrected chi connectivity index (χ4v) is 3.34. The van der Waals surface area contributed by atoms with Crippen LogP contribution in [0.25, 0.3) is 33.5 Å². The van der Waals surface area contributed by atoms with Gasteiger partial charge in [0.2, 0.25) is 0 Å². The van der Waals surface area contributed by atoms with Crippen LogP contribution in [-0.2, 0) is 0 Å². The van der Waals surface area contributed by atoms with E-state index in [1.165, 1.54) is 5.56 Å². The van der Waals surface area contributed by atoms with E-state index >= 15 is 0 Å². The summed E-state index contributed by atoms with van der Waals surface area (Å²) in [6, 6.07) is 27.7. The van der Waals surface area contributed by atoms with Crippen molar-refractivity contribution in [3.63, 3.8) is 0 Å². The van der Waals surface area contributed by atoms with E-state index in [0.29, 0.717) is 5.69 Å². The summed E-state index contributed by atoms with van der Waals surface area (Å²) in [5.74, 6) is 0.632. The standard InChI is InChI=1S/C24H18N4O/c29-24(21-7-4-14-25-21)26-19-11-8-17(9-12-19)23-27-20-13-10-18(15-22(20)28-23)16-5-2-1-3-6-16/h1-15,25H,(H,26,29)(H,27,28). The highest BCUT2D eigenvalue weighted by atomic mass is 16.1. The quantitative estimate of drug-likeness (QED) is 0.387. The smallest absolute Gasteiger partial charge is 0.272 e. The Labute approximate surface area is 167 Å². The third kappa shape index (κ3) is 3.41. The molecule has 5 nitrogen and oxygen atoms in total. The van der Waals surface area contributed by atoms with E-state index < -0.39 is 0 Å². The molecule has 0 spiro atoms. The molecule has 0 aliphatic carbocycles. The third-order valence-corrected chi connectivity index (χ3v) is 4.85. The number of benzene rings is 3. The summed E-state index contributed by atoms with van der Waals surface area (Å²) >= 11 is 0. The first-order valence-corrected chi connectivity index (χ1v) is 9.37. The topological polar surface area (TPSA) is 73.6 Å². The second kappa shape index (κ2) is 7.13. The Morgan fingerprint density at radius 3 is 2.34 bits per heavy atom. The maximum atomic E-state index is 12.1. The van der Waals surface area contributed by atoms with Gasteiger partial charge < -0.3 is 15.3 Å². The second-order valence-corrected chi connectivity index (χ2v) is 6.80. The van der Waals surface area contributed by atoms with E-state index in [1.807, 2.05) is 48.5 Å². The highest BCUT2D eigenvalue weighted by Gasteiger charge is 2.09. The number of hydrogen-bond donors (Lipinski definition) is 3. The van der Waals surface area contributed by atoms with Gasteiger partial charge in [-0.15, -0.1) is 0 Å². The van der Waals surface area contributed by atoms with Gasteiger partial charge in [-0.1, -0.05) is 36.4 Å². The number of rotatable bonds is 4. The van der Waals surface area contributed by atoms with Crippen LogP contribution in [0.15, 0.2) is 91.1 Å². The van der Waals surface area contributed by atoms with Crippen LogP contribution in [0, 0.1) is 0 Å². The van der Waals surface area contributed by atoms with Gasteiger partial charge in [0, 0.05) is 17.4 Å². The highest BCUT2D eigenvalue weighted by molar-refractivity contribution is 6.03. The molecule has 5 aromatic rings. The zero-order valence-electron chi connectivity index (χ0n) is 15.5. The Morgan fingerprint density at radius 2 is 1.59 bits per heavy atom. The largest absolute Gasteiger partial charge is 0.357 e. The Morgan fingerprint density at radius 1 is 0.793 bits per heavy atom. The van der Waals surface area contributed by atoms with Crippen LogP contribution in [0.4, 0.5) is 5.69 Å². The number of imidazole rings is 1. The van der Waals surface area contributed by atoms with E-state index in [2.05, 4.69) is 39.6 Å². The van der Waals surface area contributed by atoms with Crippen molar-refractivity contribution < 1.29 is 4.79 Å². The molecule has 0 atom stereocenters. The summed E-state index contributed by atoms with van der Waals surface area (Å²) in [5.41, 5.74) is 6.45. The zero-order chi connectivity index (χ0) is 19.6. The summed E-state index contributed by atoms with van der Waals surface area (Å²) in [7, 11) is 0. The van der Waals surface area contributed by atoms with Crippen LogP contribution >= 0.6 is 0 Å². The van der Waals surface area contributed by atoms with Crippen molar-refractivity contribution in [1.29, 1.82) is 0 Å². The van der Waals surface area contributed by atoms with E-state index in [9.17, 15) is 4.79 Å². The normalized spacial score (nSPS) is 10.9. The van der Waals surface area contributed by atoms with Crippen LogP contribution in [0.3, 0.4) is 0 Å². The fraction of sp³-hybridized carbons (Fsp3) is 0.